The molecule has 2 bridgehead atoms. The summed E-state index contributed by atoms with van der Waals surface area (Å²) in [5, 5.41) is 11.0. The fourth-order valence-electron chi connectivity index (χ4n) is 4.55. The van der Waals surface area contributed by atoms with Crippen molar-refractivity contribution in [1.29, 1.82) is 0 Å². The molecule has 3 nitrogen and oxygen atoms in total. The second kappa shape index (κ2) is 5.62. The first kappa shape index (κ1) is 14.9. The van der Waals surface area contributed by atoms with Crippen LogP contribution < -0.4 is 10.5 Å². The zero-order valence-electron chi connectivity index (χ0n) is 13.1. The lowest BCUT2D eigenvalue weighted by Crippen LogP contribution is -2.41. The predicted molar refractivity (Wildman–Crippen MR) is 84.1 cm³/mol. The number of aliphatic hydroxyl groups is 1. The molecular weight excluding hydrogens is 262 g/mol. The minimum Gasteiger partial charge on any atom is -0.491 e. The first-order valence-electron chi connectivity index (χ1n) is 8.20. The minimum atomic E-state index is -0.478. The van der Waals surface area contributed by atoms with Gasteiger partial charge < -0.3 is 15.6 Å². The smallest absolute Gasteiger partial charge is 0.120 e. The Morgan fingerprint density at radius 1 is 1.38 bits per heavy atom. The van der Waals surface area contributed by atoms with Crippen LogP contribution in [0, 0.1) is 17.3 Å². The van der Waals surface area contributed by atoms with Crippen LogP contribution in [-0.2, 0) is 0 Å². The van der Waals surface area contributed by atoms with Gasteiger partial charge in [0.15, 0.2) is 0 Å². The first-order chi connectivity index (χ1) is 10.0. The maximum Gasteiger partial charge on any atom is 0.120 e. The molecule has 3 rings (SSSR count). The van der Waals surface area contributed by atoms with Crippen molar-refractivity contribution in [1.82, 2.24) is 0 Å². The summed E-state index contributed by atoms with van der Waals surface area (Å²) < 4.78 is 5.75. The molecule has 4 unspecified atom stereocenters. The van der Waals surface area contributed by atoms with Crippen LogP contribution in [0.15, 0.2) is 24.3 Å². The Labute approximate surface area is 127 Å². The van der Waals surface area contributed by atoms with E-state index < -0.39 is 6.10 Å². The lowest BCUT2D eigenvalue weighted by Gasteiger charge is -2.41. The standard InChI is InChI=1S/C18H27NO2/c1-12(2)21-16-5-3-4-14(9-16)17(20)18(11-19)10-13-6-7-15(18)8-13/h3-5,9,12-13,15,17,20H,6-8,10-11,19H2,1-2H3. The Morgan fingerprint density at radius 2 is 2.19 bits per heavy atom. The van der Waals surface area contributed by atoms with Crippen molar-refractivity contribution in [2.45, 2.75) is 51.7 Å². The Hall–Kier alpha value is -1.06. The van der Waals surface area contributed by atoms with Gasteiger partial charge in [0.25, 0.3) is 0 Å². The second-order valence-electron chi connectivity index (χ2n) is 7.16. The summed E-state index contributed by atoms with van der Waals surface area (Å²) in [5.74, 6) is 2.18. The summed E-state index contributed by atoms with van der Waals surface area (Å²) in [5.41, 5.74) is 6.95. The van der Waals surface area contributed by atoms with Crippen molar-refractivity contribution in [2.75, 3.05) is 6.54 Å². The van der Waals surface area contributed by atoms with Gasteiger partial charge in [-0.2, -0.15) is 0 Å². The average molecular weight is 289 g/mol. The Kier molecular flexibility index (Phi) is 3.98. The number of rotatable bonds is 5. The summed E-state index contributed by atoms with van der Waals surface area (Å²) in [6.45, 7) is 4.60. The van der Waals surface area contributed by atoms with Gasteiger partial charge in [0.05, 0.1) is 12.2 Å². The highest BCUT2D eigenvalue weighted by Gasteiger charge is 2.54. The number of ether oxygens (including phenoxy) is 1. The molecular formula is C18H27NO2. The van der Waals surface area contributed by atoms with Gasteiger partial charge >= 0.3 is 0 Å². The molecule has 2 fully saturated rings. The van der Waals surface area contributed by atoms with Crippen molar-refractivity contribution in [3.05, 3.63) is 29.8 Å². The molecule has 116 valence electrons. The maximum absolute atomic E-state index is 11.0. The zero-order valence-corrected chi connectivity index (χ0v) is 13.1. The molecule has 0 spiro atoms. The third kappa shape index (κ3) is 2.58. The van der Waals surface area contributed by atoms with E-state index in [0.717, 1.165) is 23.7 Å². The van der Waals surface area contributed by atoms with Crippen molar-refractivity contribution in [3.63, 3.8) is 0 Å². The Balaban J connectivity index is 1.85. The summed E-state index contributed by atoms with van der Waals surface area (Å²) >= 11 is 0. The highest BCUT2D eigenvalue weighted by molar-refractivity contribution is 5.32. The lowest BCUT2D eigenvalue weighted by atomic mass is 9.67. The van der Waals surface area contributed by atoms with E-state index in [4.69, 9.17) is 10.5 Å². The van der Waals surface area contributed by atoms with Crippen LogP contribution in [0.5, 0.6) is 5.75 Å². The summed E-state index contributed by atoms with van der Waals surface area (Å²) in [6, 6.07) is 7.90. The maximum atomic E-state index is 11.0. The predicted octanol–water partition coefficient (Wildman–Crippen LogP) is 3.27. The molecule has 2 aliphatic rings. The van der Waals surface area contributed by atoms with Crippen LogP contribution in [0.25, 0.3) is 0 Å². The van der Waals surface area contributed by atoms with Gasteiger partial charge in [-0.15, -0.1) is 0 Å². The molecule has 3 N–H and O–H groups in total. The van der Waals surface area contributed by atoms with Gasteiger partial charge in [0.2, 0.25) is 0 Å². The quantitative estimate of drug-likeness (QED) is 0.874. The molecule has 0 saturated heterocycles. The van der Waals surface area contributed by atoms with Gasteiger partial charge in [-0.3, -0.25) is 0 Å². The fourth-order valence-corrected chi connectivity index (χ4v) is 4.55. The zero-order chi connectivity index (χ0) is 15.0. The van der Waals surface area contributed by atoms with E-state index in [-0.39, 0.29) is 11.5 Å². The number of benzene rings is 1. The molecule has 2 saturated carbocycles. The van der Waals surface area contributed by atoms with Crippen LogP contribution in [-0.4, -0.2) is 17.8 Å². The number of aliphatic hydroxyl groups excluding tert-OH is 1. The minimum absolute atomic E-state index is 0.126. The van der Waals surface area contributed by atoms with Crippen LogP contribution >= 0.6 is 0 Å². The second-order valence-corrected chi connectivity index (χ2v) is 7.16. The van der Waals surface area contributed by atoms with E-state index in [9.17, 15) is 5.11 Å². The third-order valence-corrected chi connectivity index (χ3v) is 5.49. The number of nitrogens with two attached hydrogens (primary N) is 1. The first-order valence-corrected chi connectivity index (χ1v) is 8.20. The summed E-state index contributed by atoms with van der Waals surface area (Å²) in [7, 11) is 0. The number of hydrogen-bond donors (Lipinski definition) is 2. The number of hydrogen-bond acceptors (Lipinski definition) is 3. The molecule has 2 aliphatic carbocycles. The Bertz CT molecular complexity index is 502. The molecule has 4 atom stereocenters. The molecule has 21 heavy (non-hydrogen) atoms. The van der Waals surface area contributed by atoms with E-state index in [1.54, 1.807) is 0 Å². The third-order valence-electron chi connectivity index (χ3n) is 5.49. The average Bonchev–Trinajstić information content (AvgIpc) is 3.07. The van der Waals surface area contributed by atoms with Crippen molar-refractivity contribution in [2.24, 2.45) is 23.0 Å². The van der Waals surface area contributed by atoms with E-state index in [1.807, 2.05) is 38.1 Å². The van der Waals surface area contributed by atoms with Gasteiger partial charge in [-0.1, -0.05) is 18.6 Å². The van der Waals surface area contributed by atoms with Gasteiger partial charge in [0.1, 0.15) is 5.75 Å². The molecule has 0 aliphatic heterocycles. The molecule has 0 radical (unpaired) electrons. The highest BCUT2D eigenvalue weighted by atomic mass is 16.5. The van der Waals surface area contributed by atoms with Crippen molar-refractivity contribution >= 4 is 0 Å². The normalized spacial score (nSPS) is 32.6. The topological polar surface area (TPSA) is 55.5 Å². The summed E-state index contributed by atoms with van der Waals surface area (Å²) in [4.78, 5) is 0. The Morgan fingerprint density at radius 3 is 2.76 bits per heavy atom. The largest absolute Gasteiger partial charge is 0.491 e. The molecule has 1 aromatic carbocycles. The lowest BCUT2D eigenvalue weighted by molar-refractivity contribution is -0.0132. The molecule has 0 aromatic heterocycles. The molecule has 3 heteroatoms. The monoisotopic (exact) mass is 289 g/mol. The van der Waals surface area contributed by atoms with E-state index in [2.05, 4.69) is 0 Å². The van der Waals surface area contributed by atoms with Gasteiger partial charge in [-0.25, -0.2) is 0 Å². The highest BCUT2D eigenvalue weighted by Crippen LogP contribution is 2.60. The van der Waals surface area contributed by atoms with E-state index in [1.165, 1.54) is 19.3 Å². The van der Waals surface area contributed by atoms with Gasteiger partial charge in [-0.05, 0) is 62.6 Å². The van der Waals surface area contributed by atoms with E-state index >= 15 is 0 Å². The fraction of sp³-hybridized carbons (Fsp3) is 0.667. The molecule has 1 aromatic rings. The number of fused-ring (bicyclic) bond motifs is 2. The summed E-state index contributed by atoms with van der Waals surface area (Å²) in [6.07, 6.45) is 4.52. The van der Waals surface area contributed by atoms with E-state index in [0.29, 0.717) is 12.5 Å². The van der Waals surface area contributed by atoms with Crippen molar-refractivity contribution in [3.8, 4) is 5.75 Å². The van der Waals surface area contributed by atoms with Crippen LogP contribution in [0.2, 0.25) is 0 Å². The van der Waals surface area contributed by atoms with Crippen LogP contribution in [0.4, 0.5) is 0 Å². The van der Waals surface area contributed by atoms with Crippen LogP contribution in [0.1, 0.15) is 51.2 Å². The molecule has 0 amide bonds. The van der Waals surface area contributed by atoms with Crippen molar-refractivity contribution < 1.29 is 9.84 Å². The molecule has 0 heterocycles. The van der Waals surface area contributed by atoms with Gasteiger partial charge in [0, 0.05) is 12.0 Å². The van der Waals surface area contributed by atoms with Crippen LogP contribution in [0.3, 0.4) is 0 Å². The SMILES string of the molecule is CC(C)Oc1cccc(C(O)C2(CN)CC3CCC2C3)c1.